The van der Waals surface area contributed by atoms with Crippen LogP contribution in [-0.4, -0.2) is 15.3 Å². The molecular weight excluding hydrogens is 390 g/mol. The van der Waals surface area contributed by atoms with Gasteiger partial charge >= 0.3 is 0 Å². The normalized spacial score (nSPS) is 11.3. The Bertz CT molecular complexity index is 1340. The number of para-hydroxylation sites is 1. The van der Waals surface area contributed by atoms with Gasteiger partial charge < -0.3 is 4.57 Å². The molecule has 6 nitrogen and oxygen atoms in total. The molecule has 0 fully saturated rings. The van der Waals surface area contributed by atoms with Crippen molar-refractivity contribution in [3.63, 3.8) is 0 Å². The second-order valence-corrected chi connectivity index (χ2v) is 7.02. The second-order valence-electron chi connectivity index (χ2n) is 7.02. The van der Waals surface area contributed by atoms with Crippen LogP contribution in [0.4, 0.5) is 5.69 Å². The molecule has 0 unspecified atom stereocenters. The van der Waals surface area contributed by atoms with Crippen LogP contribution in [0.3, 0.4) is 0 Å². The summed E-state index contributed by atoms with van der Waals surface area (Å²) in [6.45, 7) is 0.501. The van der Waals surface area contributed by atoms with Crippen LogP contribution in [0.2, 0.25) is 0 Å². The van der Waals surface area contributed by atoms with Crippen molar-refractivity contribution >= 4 is 28.4 Å². The predicted molar refractivity (Wildman–Crippen MR) is 118 cm³/mol. The van der Waals surface area contributed by atoms with E-state index in [1.165, 1.54) is 12.1 Å². The third-order valence-corrected chi connectivity index (χ3v) is 5.02. The van der Waals surface area contributed by atoms with Crippen LogP contribution in [0.5, 0.6) is 0 Å². The van der Waals surface area contributed by atoms with E-state index in [2.05, 4.69) is 0 Å². The summed E-state index contributed by atoms with van der Waals surface area (Å²) in [4.78, 5) is 23.2. The molecule has 150 valence electrons. The molecule has 0 aliphatic rings. The summed E-state index contributed by atoms with van der Waals surface area (Å²) in [6, 6.07) is 24.9. The lowest BCUT2D eigenvalue weighted by Crippen LogP contribution is -2.01. The molecule has 4 aromatic rings. The van der Waals surface area contributed by atoms with Crippen LogP contribution >= 0.6 is 0 Å². The van der Waals surface area contributed by atoms with E-state index >= 15 is 0 Å². The third kappa shape index (κ3) is 4.11. The molecule has 0 bridgehead atoms. The number of ketones is 1. The van der Waals surface area contributed by atoms with Crippen molar-refractivity contribution in [1.29, 1.82) is 5.26 Å². The molecule has 4 rings (SSSR count). The van der Waals surface area contributed by atoms with Gasteiger partial charge in [-0.15, -0.1) is 0 Å². The molecular formula is C25H17N3O3. The number of carbonyl (C=O) groups is 1. The maximum absolute atomic E-state index is 12.7. The number of benzene rings is 3. The Morgan fingerprint density at radius 2 is 1.68 bits per heavy atom. The van der Waals surface area contributed by atoms with Crippen molar-refractivity contribution in [1.82, 2.24) is 4.57 Å². The van der Waals surface area contributed by atoms with Crippen molar-refractivity contribution in [3.05, 3.63) is 117 Å². The summed E-state index contributed by atoms with van der Waals surface area (Å²) in [5.41, 5.74) is 3.18. The highest BCUT2D eigenvalue weighted by molar-refractivity contribution is 6.14. The molecule has 0 saturated heterocycles. The van der Waals surface area contributed by atoms with Gasteiger partial charge in [-0.25, -0.2) is 0 Å². The van der Waals surface area contributed by atoms with Crippen LogP contribution in [0.1, 0.15) is 21.5 Å². The number of nitriles is 1. The maximum atomic E-state index is 12.7. The fourth-order valence-corrected chi connectivity index (χ4v) is 3.49. The van der Waals surface area contributed by atoms with E-state index in [4.69, 9.17) is 0 Å². The number of nitro benzene ring substituents is 1. The largest absolute Gasteiger partial charge is 0.342 e. The van der Waals surface area contributed by atoms with Crippen LogP contribution in [0, 0.1) is 21.4 Å². The van der Waals surface area contributed by atoms with Crippen LogP contribution in [-0.2, 0) is 6.54 Å². The van der Waals surface area contributed by atoms with E-state index in [0.717, 1.165) is 22.0 Å². The van der Waals surface area contributed by atoms with Crippen LogP contribution in [0.15, 0.2) is 90.6 Å². The van der Waals surface area contributed by atoms with E-state index in [1.54, 1.807) is 42.5 Å². The third-order valence-electron chi connectivity index (χ3n) is 5.02. The molecule has 3 aromatic carbocycles. The van der Waals surface area contributed by atoms with Gasteiger partial charge in [0.05, 0.1) is 4.92 Å². The zero-order valence-corrected chi connectivity index (χ0v) is 16.4. The van der Waals surface area contributed by atoms with Crippen LogP contribution in [0.25, 0.3) is 17.0 Å². The Labute approximate surface area is 178 Å². The highest BCUT2D eigenvalue weighted by Crippen LogP contribution is 2.25. The first-order valence-electron chi connectivity index (χ1n) is 9.59. The summed E-state index contributed by atoms with van der Waals surface area (Å²) >= 11 is 0. The maximum Gasteiger partial charge on any atom is 0.269 e. The fourth-order valence-electron chi connectivity index (χ4n) is 3.49. The summed E-state index contributed by atoms with van der Waals surface area (Å²) < 4.78 is 2.00. The molecule has 0 amide bonds. The smallest absolute Gasteiger partial charge is 0.269 e. The van der Waals surface area contributed by atoms with Gasteiger partial charge in [0.1, 0.15) is 11.6 Å². The number of allylic oxidation sites excluding steroid dienone is 1. The second kappa shape index (κ2) is 8.47. The number of nitrogens with zero attached hydrogens (tertiary/aromatic N) is 3. The summed E-state index contributed by atoms with van der Waals surface area (Å²) in [5.74, 6) is -0.324. The average Bonchev–Trinajstić information content (AvgIpc) is 3.15. The molecule has 1 aromatic heterocycles. The number of aromatic nitrogens is 1. The highest BCUT2D eigenvalue weighted by atomic mass is 16.6. The molecule has 0 N–H and O–H groups in total. The van der Waals surface area contributed by atoms with E-state index < -0.39 is 4.92 Å². The SMILES string of the molecule is N#CC(=Cc1cn(Cc2ccc([N+](=O)[O-])cc2)c2ccccc12)C(=O)c1ccccc1. The lowest BCUT2D eigenvalue weighted by molar-refractivity contribution is -0.384. The van der Waals surface area contributed by atoms with Gasteiger partial charge in [0.25, 0.3) is 5.69 Å². The molecule has 0 aliphatic carbocycles. The van der Waals surface area contributed by atoms with Crippen molar-refractivity contribution in [2.24, 2.45) is 0 Å². The van der Waals surface area contributed by atoms with Gasteiger partial charge in [-0.2, -0.15) is 5.26 Å². The number of hydrogen-bond acceptors (Lipinski definition) is 4. The van der Waals surface area contributed by atoms with E-state index in [-0.39, 0.29) is 17.0 Å². The number of Topliss-reactive ketones (excluding diaryl/α,β-unsaturated/α-hetero) is 1. The van der Waals surface area contributed by atoms with E-state index in [0.29, 0.717) is 12.1 Å². The Balaban J connectivity index is 1.72. The van der Waals surface area contributed by atoms with Crippen molar-refractivity contribution < 1.29 is 9.72 Å². The number of rotatable bonds is 6. The molecule has 0 saturated carbocycles. The summed E-state index contributed by atoms with van der Waals surface area (Å²) in [6.07, 6.45) is 3.51. The molecule has 0 spiro atoms. The Hall–Kier alpha value is -4.50. The lowest BCUT2D eigenvalue weighted by Gasteiger charge is -2.05. The van der Waals surface area contributed by atoms with E-state index in [1.807, 2.05) is 47.2 Å². The van der Waals surface area contributed by atoms with E-state index in [9.17, 15) is 20.2 Å². The zero-order chi connectivity index (χ0) is 21.8. The minimum Gasteiger partial charge on any atom is -0.342 e. The van der Waals surface area contributed by atoms with Gasteiger partial charge in [0.2, 0.25) is 5.78 Å². The number of non-ortho nitro benzene ring substituents is 1. The number of carbonyl (C=O) groups excluding carboxylic acids is 1. The van der Waals surface area contributed by atoms with Crippen molar-refractivity contribution in [2.45, 2.75) is 6.54 Å². The Morgan fingerprint density at radius 3 is 2.35 bits per heavy atom. The average molecular weight is 407 g/mol. The fraction of sp³-hybridized carbons (Fsp3) is 0.0400. The zero-order valence-electron chi connectivity index (χ0n) is 16.4. The van der Waals surface area contributed by atoms with Gasteiger partial charge in [-0.1, -0.05) is 60.7 Å². The number of hydrogen-bond donors (Lipinski definition) is 0. The quantitative estimate of drug-likeness (QED) is 0.141. The summed E-state index contributed by atoms with van der Waals surface area (Å²) in [7, 11) is 0. The topological polar surface area (TPSA) is 88.9 Å². The van der Waals surface area contributed by atoms with Gasteiger partial charge in [-0.3, -0.25) is 14.9 Å². The first-order valence-corrected chi connectivity index (χ1v) is 9.59. The first kappa shape index (κ1) is 19.8. The molecule has 6 heteroatoms. The number of nitro groups is 1. The minimum atomic E-state index is -0.426. The monoisotopic (exact) mass is 407 g/mol. The molecule has 0 atom stereocenters. The first-order chi connectivity index (χ1) is 15.1. The summed E-state index contributed by atoms with van der Waals surface area (Å²) in [5, 5.41) is 21.4. The van der Waals surface area contributed by atoms with Gasteiger partial charge in [-0.05, 0) is 17.7 Å². The van der Waals surface area contributed by atoms with Crippen LogP contribution < -0.4 is 0 Å². The molecule has 31 heavy (non-hydrogen) atoms. The van der Waals surface area contributed by atoms with Crippen molar-refractivity contribution in [2.75, 3.05) is 0 Å². The Morgan fingerprint density at radius 1 is 1.00 bits per heavy atom. The van der Waals surface area contributed by atoms with Gasteiger partial charge in [0, 0.05) is 46.9 Å². The molecule has 0 aliphatic heterocycles. The molecule has 0 radical (unpaired) electrons. The predicted octanol–water partition coefficient (Wildman–Crippen LogP) is 5.39. The highest BCUT2D eigenvalue weighted by Gasteiger charge is 2.14. The Kier molecular flexibility index (Phi) is 5.41. The standard InChI is InChI=1S/C25H17N3O3/c26-15-20(25(29)19-6-2-1-3-7-19)14-21-17-27(24-9-5-4-8-23(21)24)16-18-10-12-22(13-11-18)28(30)31/h1-14,17H,16H2. The molecule has 1 heterocycles. The van der Waals surface area contributed by atoms with Gasteiger partial charge in [0.15, 0.2) is 0 Å². The van der Waals surface area contributed by atoms with Crippen molar-refractivity contribution in [3.8, 4) is 6.07 Å². The lowest BCUT2D eigenvalue weighted by atomic mass is 10.0. The minimum absolute atomic E-state index is 0.0443. The number of fused-ring (bicyclic) bond motifs is 1.